The fourth-order valence-electron chi connectivity index (χ4n) is 2.10. The first kappa shape index (κ1) is 12.5. The zero-order chi connectivity index (χ0) is 12.3. The molecule has 0 aliphatic carbocycles. The zero-order valence-electron chi connectivity index (χ0n) is 9.96. The summed E-state index contributed by atoms with van der Waals surface area (Å²) in [5, 5.41) is 1.94. The molecule has 1 atom stereocenters. The molecule has 94 valence electrons. The number of carbonyl (C=O) groups excluding carboxylic acids is 1. The van der Waals surface area contributed by atoms with E-state index in [2.05, 4.69) is 0 Å². The van der Waals surface area contributed by atoms with Crippen LogP contribution in [0.25, 0.3) is 0 Å². The second kappa shape index (κ2) is 5.62. The van der Waals surface area contributed by atoms with E-state index < -0.39 is 6.04 Å². The molecule has 2 N–H and O–H groups in total. The monoisotopic (exact) mass is 254 g/mol. The molecule has 1 aliphatic rings. The van der Waals surface area contributed by atoms with Gasteiger partial charge < -0.3 is 15.4 Å². The van der Waals surface area contributed by atoms with Crippen molar-refractivity contribution < 1.29 is 9.53 Å². The lowest BCUT2D eigenvalue weighted by Gasteiger charge is -2.32. The lowest BCUT2D eigenvalue weighted by atomic mass is 10.1. The van der Waals surface area contributed by atoms with Gasteiger partial charge in [-0.3, -0.25) is 4.79 Å². The summed E-state index contributed by atoms with van der Waals surface area (Å²) < 4.78 is 5.28. The van der Waals surface area contributed by atoms with Crippen LogP contribution in [0.1, 0.15) is 23.8 Å². The van der Waals surface area contributed by atoms with E-state index in [-0.39, 0.29) is 12.0 Å². The average Bonchev–Trinajstić information content (AvgIpc) is 2.91. The molecule has 0 aromatic carbocycles. The van der Waals surface area contributed by atoms with Crippen molar-refractivity contribution >= 4 is 17.2 Å². The van der Waals surface area contributed by atoms with Crippen LogP contribution in [0.2, 0.25) is 0 Å². The molecule has 2 rings (SSSR count). The Hall–Kier alpha value is -0.910. The fraction of sp³-hybridized carbons (Fsp3) is 0.583. The third-order valence-electron chi connectivity index (χ3n) is 3.20. The van der Waals surface area contributed by atoms with E-state index in [0.29, 0.717) is 0 Å². The quantitative estimate of drug-likeness (QED) is 0.886. The second-order valence-corrected chi connectivity index (χ2v) is 5.23. The van der Waals surface area contributed by atoms with E-state index in [1.54, 1.807) is 7.11 Å². The van der Waals surface area contributed by atoms with Gasteiger partial charge in [0.1, 0.15) is 6.04 Å². The Labute approximate surface area is 105 Å². The topological polar surface area (TPSA) is 55.6 Å². The maximum absolute atomic E-state index is 12.2. The Balaban J connectivity index is 1.93. The van der Waals surface area contributed by atoms with Gasteiger partial charge in [0.25, 0.3) is 0 Å². The van der Waals surface area contributed by atoms with E-state index in [9.17, 15) is 4.79 Å². The Morgan fingerprint density at radius 2 is 2.29 bits per heavy atom. The minimum atomic E-state index is -0.505. The number of hydrogen-bond donors (Lipinski definition) is 1. The highest BCUT2D eigenvalue weighted by Crippen LogP contribution is 2.21. The van der Waals surface area contributed by atoms with Gasteiger partial charge >= 0.3 is 0 Å². The first-order chi connectivity index (χ1) is 8.22. The van der Waals surface area contributed by atoms with Crippen LogP contribution in [0, 0.1) is 0 Å². The van der Waals surface area contributed by atoms with E-state index in [1.165, 1.54) is 11.3 Å². The van der Waals surface area contributed by atoms with Crippen LogP contribution in [-0.2, 0) is 9.53 Å². The molecule has 1 aromatic heterocycles. The molecule has 0 bridgehead atoms. The fourth-order valence-corrected chi connectivity index (χ4v) is 2.82. The Bertz CT molecular complexity index is 359. The molecule has 1 fully saturated rings. The van der Waals surface area contributed by atoms with E-state index in [4.69, 9.17) is 10.5 Å². The van der Waals surface area contributed by atoms with Crippen molar-refractivity contribution in [1.82, 2.24) is 4.90 Å². The molecule has 1 unspecified atom stereocenters. The Kier molecular flexibility index (Phi) is 4.15. The number of methoxy groups -OCH3 is 1. The number of nitrogens with two attached hydrogens (primary N) is 1. The summed E-state index contributed by atoms with van der Waals surface area (Å²) in [4.78, 5) is 14.9. The molecule has 0 radical (unpaired) electrons. The molecule has 0 spiro atoms. The van der Waals surface area contributed by atoms with Crippen LogP contribution in [0.4, 0.5) is 0 Å². The van der Waals surface area contributed by atoms with Gasteiger partial charge in [0.05, 0.1) is 6.10 Å². The lowest BCUT2D eigenvalue weighted by Crippen LogP contribution is -2.44. The van der Waals surface area contributed by atoms with Gasteiger partial charge in [0.2, 0.25) is 5.91 Å². The summed E-state index contributed by atoms with van der Waals surface area (Å²) in [6.07, 6.45) is 2.09. The number of nitrogens with zero attached hydrogens (tertiary/aromatic N) is 1. The zero-order valence-corrected chi connectivity index (χ0v) is 10.8. The third kappa shape index (κ3) is 2.86. The molecule has 4 nitrogen and oxygen atoms in total. The van der Waals surface area contributed by atoms with Crippen LogP contribution in [0.5, 0.6) is 0 Å². The van der Waals surface area contributed by atoms with Crippen LogP contribution < -0.4 is 5.73 Å². The molecule has 5 heteroatoms. The third-order valence-corrected chi connectivity index (χ3v) is 4.16. The molecule has 2 heterocycles. The predicted octanol–water partition coefficient (Wildman–Crippen LogP) is 1.39. The number of hydrogen-bond acceptors (Lipinski definition) is 4. The molecule has 0 saturated carbocycles. The van der Waals surface area contributed by atoms with Gasteiger partial charge in [-0.15, -0.1) is 11.3 Å². The van der Waals surface area contributed by atoms with Gasteiger partial charge in [-0.05, 0) is 24.3 Å². The van der Waals surface area contributed by atoms with Gasteiger partial charge in [-0.25, -0.2) is 0 Å². The summed E-state index contributed by atoms with van der Waals surface area (Å²) in [6.45, 7) is 1.49. The SMILES string of the molecule is COC1CCN(C(=O)C(N)c2cccs2)CC1. The number of ether oxygens (including phenoxy) is 1. The molecule has 17 heavy (non-hydrogen) atoms. The summed E-state index contributed by atoms with van der Waals surface area (Å²) >= 11 is 1.53. The van der Waals surface area contributed by atoms with Gasteiger partial charge in [0, 0.05) is 25.1 Å². The van der Waals surface area contributed by atoms with E-state index >= 15 is 0 Å². The van der Waals surface area contributed by atoms with Gasteiger partial charge in [-0.2, -0.15) is 0 Å². The van der Waals surface area contributed by atoms with Crippen molar-refractivity contribution in [2.24, 2.45) is 5.73 Å². The molecular formula is C12H18N2O2S. The molecule has 1 amide bonds. The number of amides is 1. The highest BCUT2D eigenvalue weighted by atomic mass is 32.1. The van der Waals surface area contributed by atoms with Crippen molar-refractivity contribution in [3.63, 3.8) is 0 Å². The van der Waals surface area contributed by atoms with Crippen molar-refractivity contribution in [3.05, 3.63) is 22.4 Å². The van der Waals surface area contributed by atoms with Crippen molar-refractivity contribution in [3.8, 4) is 0 Å². The average molecular weight is 254 g/mol. The Morgan fingerprint density at radius 1 is 1.59 bits per heavy atom. The smallest absolute Gasteiger partial charge is 0.244 e. The normalized spacial score (nSPS) is 19.3. The number of likely N-dealkylation sites (tertiary alicyclic amines) is 1. The van der Waals surface area contributed by atoms with Crippen molar-refractivity contribution in [1.29, 1.82) is 0 Å². The summed E-state index contributed by atoms with van der Waals surface area (Å²) in [6, 6.07) is 3.33. The Morgan fingerprint density at radius 3 is 2.82 bits per heavy atom. The number of piperidine rings is 1. The van der Waals surface area contributed by atoms with Crippen LogP contribution in [-0.4, -0.2) is 37.1 Å². The molecule has 1 aliphatic heterocycles. The first-order valence-corrected chi connectivity index (χ1v) is 6.71. The van der Waals surface area contributed by atoms with E-state index in [1.807, 2.05) is 22.4 Å². The maximum Gasteiger partial charge on any atom is 0.244 e. The van der Waals surface area contributed by atoms with Crippen LogP contribution in [0.15, 0.2) is 17.5 Å². The largest absolute Gasteiger partial charge is 0.381 e. The highest BCUT2D eigenvalue weighted by Gasteiger charge is 2.27. The second-order valence-electron chi connectivity index (χ2n) is 4.25. The highest BCUT2D eigenvalue weighted by molar-refractivity contribution is 7.10. The summed E-state index contributed by atoms with van der Waals surface area (Å²) in [7, 11) is 1.72. The molecular weight excluding hydrogens is 236 g/mol. The minimum absolute atomic E-state index is 0.0296. The van der Waals surface area contributed by atoms with Crippen LogP contribution >= 0.6 is 11.3 Å². The molecule has 1 saturated heterocycles. The minimum Gasteiger partial charge on any atom is -0.381 e. The maximum atomic E-state index is 12.2. The summed E-state index contributed by atoms with van der Waals surface area (Å²) in [5.74, 6) is 0.0296. The van der Waals surface area contributed by atoms with E-state index in [0.717, 1.165) is 30.8 Å². The van der Waals surface area contributed by atoms with Crippen LogP contribution in [0.3, 0.4) is 0 Å². The van der Waals surface area contributed by atoms with Crippen molar-refractivity contribution in [2.75, 3.05) is 20.2 Å². The van der Waals surface area contributed by atoms with Gasteiger partial charge in [-0.1, -0.05) is 6.07 Å². The lowest BCUT2D eigenvalue weighted by molar-refractivity contribution is -0.135. The standard InChI is InChI=1S/C12H18N2O2S/c1-16-9-4-6-14(7-5-9)12(15)11(13)10-3-2-8-17-10/h2-3,8-9,11H,4-7,13H2,1H3. The first-order valence-electron chi connectivity index (χ1n) is 5.83. The molecule has 1 aromatic rings. The number of carbonyl (C=O) groups is 1. The number of rotatable bonds is 3. The van der Waals surface area contributed by atoms with Crippen molar-refractivity contribution in [2.45, 2.75) is 25.0 Å². The summed E-state index contributed by atoms with van der Waals surface area (Å²) in [5.41, 5.74) is 5.97. The number of thiophene rings is 1. The van der Waals surface area contributed by atoms with Gasteiger partial charge in [0.15, 0.2) is 0 Å². The predicted molar refractivity (Wildman–Crippen MR) is 67.9 cm³/mol.